The fourth-order valence-corrected chi connectivity index (χ4v) is 2.85. The highest BCUT2D eigenvalue weighted by Gasteiger charge is 2.19. The Morgan fingerprint density at radius 1 is 1.04 bits per heavy atom. The van der Waals surface area contributed by atoms with E-state index in [2.05, 4.69) is 26.1 Å². The van der Waals surface area contributed by atoms with Crippen molar-refractivity contribution in [3.05, 3.63) is 65.5 Å². The highest BCUT2D eigenvalue weighted by Crippen LogP contribution is 2.29. The molecule has 2 amide bonds. The highest BCUT2D eigenvalue weighted by atomic mass is 19.1. The summed E-state index contributed by atoms with van der Waals surface area (Å²) in [7, 11) is 0. The first kappa shape index (κ1) is 20.6. The van der Waals surface area contributed by atoms with E-state index in [1.807, 2.05) is 24.3 Å². The van der Waals surface area contributed by atoms with Gasteiger partial charge in [0.2, 0.25) is 11.8 Å². The minimum Gasteiger partial charge on any atom is -0.338 e. The monoisotopic (exact) mass is 370 g/mol. The van der Waals surface area contributed by atoms with Crippen molar-refractivity contribution in [2.24, 2.45) is 0 Å². The summed E-state index contributed by atoms with van der Waals surface area (Å²) in [6, 6.07) is 13.8. The average Bonchev–Trinajstić information content (AvgIpc) is 2.59. The number of carbonyl (C=O) groups is 2. The van der Waals surface area contributed by atoms with Gasteiger partial charge in [0.15, 0.2) is 0 Å². The molecule has 0 aliphatic heterocycles. The first-order chi connectivity index (χ1) is 12.7. The van der Waals surface area contributed by atoms with Crippen LogP contribution < -0.4 is 5.32 Å². The lowest BCUT2D eigenvalue weighted by Gasteiger charge is -2.24. The molecule has 0 fully saturated rings. The van der Waals surface area contributed by atoms with Crippen molar-refractivity contribution >= 4 is 17.5 Å². The van der Waals surface area contributed by atoms with Crippen LogP contribution in [0.5, 0.6) is 0 Å². The van der Waals surface area contributed by atoms with E-state index in [0.29, 0.717) is 13.1 Å². The number of hydrogen-bond donors (Lipinski definition) is 1. The minimum atomic E-state index is -0.315. The molecule has 2 aromatic rings. The predicted octanol–water partition coefficient (Wildman–Crippen LogP) is 4.50. The molecule has 0 aliphatic carbocycles. The zero-order valence-electron chi connectivity index (χ0n) is 16.4. The molecule has 0 heterocycles. The third kappa shape index (κ3) is 6.20. The van der Waals surface area contributed by atoms with Gasteiger partial charge in [-0.1, -0.05) is 51.1 Å². The Labute approximate surface area is 160 Å². The number of carbonyl (C=O) groups excluding carboxylic acids is 2. The molecular formula is C22H27FN2O2. The van der Waals surface area contributed by atoms with Gasteiger partial charge in [0.25, 0.3) is 0 Å². The van der Waals surface area contributed by atoms with Crippen LogP contribution in [0.2, 0.25) is 0 Å². The molecule has 4 nitrogen and oxygen atoms in total. The minimum absolute atomic E-state index is 0.0854. The van der Waals surface area contributed by atoms with Crippen LogP contribution in [0, 0.1) is 5.82 Å². The van der Waals surface area contributed by atoms with Gasteiger partial charge in [0.05, 0.1) is 0 Å². The molecule has 0 saturated carbocycles. The molecule has 0 spiro atoms. The van der Waals surface area contributed by atoms with E-state index in [9.17, 15) is 14.0 Å². The Morgan fingerprint density at radius 3 is 2.26 bits per heavy atom. The molecule has 0 radical (unpaired) electrons. The van der Waals surface area contributed by atoms with E-state index in [1.54, 1.807) is 17.0 Å². The molecule has 27 heavy (non-hydrogen) atoms. The van der Waals surface area contributed by atoms with Crippen LogP contribution in [-0.4, -0.2) is 23.3 Å². The van der Waals surface area contributed by atoms with Crippen LogP contribution in [0.1, 0.15) is 45.2 Å². The molecule has 2 aromatic carbocycles. The summed E-state index contributed by atoms with van der Waals surface area (Å²) in [5.41, 5.74) is 2.60. The third-order valence-corrected chi connectivity index (χ3v) is 4.35. The summed E-state index contributed by atoms with van der Waals surface area (Å²) >= 11 is 0. The molecule has 1 N–H and O–H groups in total. The van der Waals surface area contributed by atoms with Crippen molar-refractivity contribution in [1.82, 2.24) is 4.90 Å². The SMILES string of the molecule is CC(=O)N(CCC(=O)Nc1ccccc1C(C)(C)C)Cc1ccc(F)cc1. The lowest BCUT2D eigenvalue weighted by molar-refractivity contribution is -0.129. The van der Waals surface area contributed by atoms with Gasteiger partial charge < -0.3 is 10.2 Å². The number of rotatable bonds is 6. The Bertz CT molecular complexity index is 795. The van der Waals surface area contributed by atoms with E-state index in [0.717, 1.165) is 16.8 Å². The average molecular weight is 370 g/mol. The van der Waals surface area contributed by atoms with Crippen LogP contribution >= 0.6 is 0 Å². The number of hydrogen-bond acceptors (Lipinski definition) is 2. The van der Waals surface area contributed by atoms with Gasteiger partial charge in [-0.2, -0.15) is 0 Å². The molecule has 2 rings (SSSR count). The van der Waals surface area contributed by atoms with E-state index in [4.69, 9.17) is 0 Å². The summed E-state index contributed by atoms with van der Waals surface area (Å²) in [4.78, 5) is 25.9. The number of benzene rings is 2. The number of anilines is 1. The lowest BCUT2D eigenvalue weighted by Crippen LogP contribution is -2.31. The van der Waals surface area contributed by atoms with E-state index >= 15 is 0 Å². The Hall–Kier alpha value is -2.69. The molecule has 0 atom stereocenters. The number of halogens is 1. The quantitative estimate of drug-likeness (QED) is 0.814. The predicted molar refractivity (Wildman–Crippen MR) is 106 cm³/mol. The summed E-state index contributed by atoms with van der Waals surface area (Å²) in [5.74, 6) is -0.579. The van der Waals surface area contributed by atoms with Crippen molar-refractivity contribution in [2.45, 2.75) is 46.1 Å². The normalized spacial score (nSPS) is 11.1. The maximum atomic E-state index is 13.0. The first-order valence-corrected chi connectivity index (χ1v) is 9.06. The van der Waals surface area contributed by atoms with Crippen molar-refractivity contribution in [3.8, 4) is 0 Å². The second-order valence-corrected chi connectivity index (χ2v) is 7.66. The topological polar surface area (TPSA) is 49.4 Å². The number of amides is 2. The fourth-order valence-electron chi connectivity index (χ4n) is 2.85. The number of nitrogens with zero attached hydrogens (tertiary/aromatic N) is 1. The van der Waals surface area contributed by atoms with Gasteiger partial charge in [0, 0.05) is 32.1 Å². The molecule has 0 saturated heterocycles. The number of para-hydroxylation sites is 1. The Morgan fingerprint density at radius 2 is 1.67 bits per heavy atom. The standard InChI is InChI=1S/C22H27FN2O2/c1-16(26)25(15-17-9-11-18(23)12-10-17)14-13-21(27)24-20-8-6-5-7-19(20)22(2,3)4/h5-12H,13-15H2,1-4H3,(H,24,27). The van der Waals surface area contributed by atoms with Crippen LogP contribution in [0.25, 0.3) is 0 Å². The Kier molecular flexibility index (Phi) is 6.72. The maximum Gasteiger partial charge on any atom is 0.226 e. The van der Waals surface area contributed by atoms with Crippen LogP contribution in [0.4, 0.5) is 10.1 Å². The molecule has 0 bridgehead atoms. The molecule has 144 valence electrons. The van der Waals surface area contributed by atoms with Gasteiger partial charge >= 0.3 is 0 Å². The molecule has 0 aliphatic rings. The zero-order valence-corrected chi connectivity index (χ0v) is 16.4. The van der Waals surface area contributed by atoms with Crippen molar-refractivity contribution in [3.63, 3.8) is 0 Å². The summed E-state index contributed by atoms with van der Waals surface area (Å²) in [6.45, 7) is 8.41. The molecule has 0 unspecified atom stereocenters. The van der Waals surface area contributed by atoms with Crippen molar-refractivity contribution in [1.29, 1.82) is 0 Å². The van der Waals surface area contributed by atoms with Crippen LogP contribution in [0.15, 0.2) is 48.5 Å². The number of nitrogens with one attached hydrogen (secondary N) is 1. The van der Waals surface area contributed by atoms with Crippen molar-refractivity contribution in [2.75, 3.05) is 11.9 Å². The van der Waals surface area contributed by atoms with E-state index < -0.39 is 0 Å². The van der Waals surface area contributed by atoms with Crippen molar-refractivity contribution < 1.29 is 14.0 Å². The Balaban J connectivity index is 1.98. The molecule has 0 aromatic heterocycles. The van der Waals surface area contributed by atoms with E-state index in [1.165, 1.54) is 19.1 Å². The largest absolute Gasteiger partial charge is 0.338 e. The first-order valence-electron chi connectivity index (χ1n) is 9.06. The summed E-state index contributed by atoms with van der Waals surface area (Å²) in [6.07, 6.45) is 0.194. The molecular weight excluding hydrogens is 343 g/mol. The van der Waals surface area contributed by atoms with Gasteiger partial charge in [-0.25, -0.2) is 4.39 Å². The lowest BCUT2D eigenvalue weighted by atomic mass is 9.86. The van der Waals surface area contributed by atoms with Gasteiger partial charge in [-0.3, -0.25) is 9.59 Å². The van der Waals surface area contributed by atoms with Gasteiger partial charge in [-0.05, 0) is 34.7 Å². The smallest absolute Gasteiger partial charge is 0.226 e. The fraction of sp³-hybridized carbons (Fsp3) is 0.364. The summed E-state index contributed by atoms with van der Waals surface area (Å²) in [5, 5.41) is 2.96. The second kappa shape index (κ2) is 8.80. The van der Waals surface area contributed by atoms with Gasteiger partial charge in [-0.15, -0.1) is 0 Å². The second-order valence-electron chi connectivity index (χ2n) is 7.66. The van der Waals surface area contributed by atoms with Crippen LogP contribution in [-0.2, 0) is 21.5 Å². The zero-order chi connectivity index (χ0) is 20.0. The summed E-state index contributed by atoms with van der Waals surface area (Å²) < 4.78 is 13.0. The van der Waals surface area contributed by atoms with Crippen LogP contribution in [0.3, 0.4) is 0 Å². The maximum absolute atomic E-state index is 13.0. The molecule has 5 heteroatoms. The highest BCUT2D eigenvalue weighted by molar-refractivity contribution is 5.92. The van der Waals surface area contributed by atoms with E-state index in [-0.39, 0.29) is 29.5 Å². The van der Waals surface area contributed by atoms with Gasteiger partial charge in [0.1, 0.15) is 5.82 Å². The third-order valence-electron chi connectivity index (χ3n) is 4.35.